The minimum Gasteiger partial charge on any atom is -0.310 e. The average molecular weight is 873 g/mol. The molecule has 0 bridgehead atoms. The largest absolute Gasteiger partial charge is 0.310 e. The van der Waals surface area contributed by atoms with Gasteiger partial charge in [-0.3, -0.25) is 0 Å². The number of anilines is 6. The van der Waals surface area contributed by atoms with E-state index in [0.29, 0.717) is 0 Å². The molecule has 1 atom stereocenters. The third kappa shape index (κ3) is 5.38. The Bertz CT molecular complexity index is 3790. The molecule has 11 aromatic rings. The van der Waals surface area contributed by atoms with Crippen LogP contribution in [0.1, 0.15) is 47.2 Å². The number of thiophene rings is 1. The van der Waals surface area contributed by atoms with Crippen LogP contribution in [0.3, 0.4) is 0 Å². The van der Waals surface area contributed by atoms with Crippen molar-refractivity contribution in [2.45, 2.75) is 24.7 Å². The van der Waals surface area contributed by atoms with Gasteiger partial charge in [-0.15, -0.1) is 11.3 Å². The van der Waals surface area contributed by atoms with Crippen LogP contribution in [0.5, 0.6) is 0 Å². The Morgan fingerprint density at radius 2 is 0.985 bits per heavy atom. The molecule has 3 heteroatoms. The van der Waals surface area contributed by atoms with E-state index in [1.54, 1.807) is 0 Å². The van der Waals surface area contributed by atoms with Gasteiger partial charge in [0.25, 0.3) is 0 Å². The van der Waals surface area contributed by atoms with Crippen LogP contribution < -0.4 is 9.80 Å². The van der Waals surface area contributed by atoms with Gasteiger partial charge in [0.15, 0.2) is 0 Å². The van der Waals surface area contributed by atoms with Crippen molar-refractivity contribution in [3.63, 3.8) is 0 Å². The number of hydrogen-bond acceptors (Lipinski definition) is 3. The summed E-state index contributed by atoms with van der Waals surface area (Å²) in [5.74, 6) is 0. The highest BCUT2D eigenvalue weighted by molar-refractivity contribution is 7.25. The predicted molar refractivity (Wildman–Crippen MR) is 283 cm³/mol. The van der Waals surface area contributed by atoms with Gasteiger partial charge in [-0.25, -0.2) is 0 Å². The van der Waals surface area contributed by atoms with Crippen molar-refractivity contribution in [1.29, 1.82) is 0 Å². The molecular weight excluding hydrogens is 829 g/mol. The van der Waals surface area contributed by atoms with Gasteiger partial charge in [0.2, 0.25) is 0 Å². The molecule has 67 heavy (non-hydrogen) atoms. The molecular formula is C64H44N2S. The first-order valence-electron chi connectivity index (χ1n) is 23.3. The van der Waals surface area contributed by atoms with Gasteiger partial charge in [0, 0.05) is 53.9 Å². The summed E-state index contributed by atoms with van der Waals surface area (Å²) in [6.45, 7) is 4.74. The zero-order valence-electron chi connectivity index (χ0n) is 37.2. The number of fused-ring (bicyclic) bond motifs is 11. The second kappa shape index (κ2) is 14.3. The maximum atomic E-state index is 2.49. The van der Waals surface area contributed by atoms with Crippen molar-refractivity contribution in [2.24, 2.45) is 0 Å². The molecule has 14 rings (SSSR count). The van der Waals surface area contributed by atoms with Crippen LogP contribution in [-0.2, 0) is 10.8 Å². The van der Waals surface area contributed by atoms with Gasteiger partial charge in [-0.2, -0.15) is 0 Å². The zero-order valence-corrected chi connectivity index (χ0v) is 38.1. The predicted octanol–water partition coefficient (Wildman–Crippen LogP) is 17.6. The van der Waals surface area contributed by atoms with Crippen molar-refractivity contribution >= 4 is 65.6 Å². The van der Waals surface area contributed by atoms with E-state index in [1.165, 1.54) is 98.3 Å². The molecule has 0 N–H and O–H groups in total. The molecule has 1 aromatic heterocycles. The van der Waals surface area contributed by atoms with Gasteiger partial charge in [0.05, 0.1) is 16.8 Å². The SMILES string of the molecule is CC1(C)c2ccccc2-c2ccc(N(c3ccc(-c4ccc5c(c4)C4(c6ccccc6)c6ccccc6N(c6ccccc6)c6cccc-5c64)cc3)c3ccc4sc5ccccc5c4c3)cc21. The second-order valence-corrected chi connectivity index (χ2v) is 19.9. The number of rotatable bonds is 6. The van der Waals surface area contributed by atoms with E-state index in [9.17, 15) is 0 Å². The van der Waals surface area contributed by atoms with Gasteiger partial charge in [0.1, 0.15) is 0 Å². The van der Waals surface area contributed by atoms with Crippen LogP contribution >= 0.6 is 11.3 Å². The fourth-order valence-corrected chi connectivity index (χ4v) is 13.2. The average Bonchev–Trinajstić information content (AvgIpc) is 3.99. The van der Waals surface area contributed by atoms with E-state index in [0.717, 1.165) is 22.7 Å². The lowest BCUT2D eigenvalue weighted by Gasteiger charge is -2.44. The van der Waals surface area contributed by atoms with Gasteiger partial charge in [-0.1, -0.05) is 166 Å². The molecule has 0 radical (unpaired) electrons. The Kier molecular flexibility index (Phi) is 8.15. The molecule has 1 unspecified atom stereocenters. The minimum atomic E-state index is -0.511. The van der Waals surface area contributed by atoms with Gasteiger partial charge in [-0.05, 0) is 140 Å². The summed E-state index contributed by atoms with van der Waals surface area (Å²) in [7, 11) is 0. The van der Waals surface area contributed by atoms with Crippen molar-refractivity contribution in [2.75, 3.05) is 9.80 Å². The van der Waals surface area contributed by atoms with Crippen LogP contribution in [-0.4, -0.2) is 0 Å². The molecule has 0 saturated carbocycles. The normalized spacial score (nSPS) is 15.8. The Labute approximate surface area is 395 Å². The Hall–Kier alpha value is -7.98. The molecule has 0 spiro atoms. The fourth-order valence-electron chi connectivity index (χ4n) is 12.1. The molecule has 2 aliphatic carbocycles. The minimum absolute atomic E-state index is 0.116. The van der Waals surface area contributed by atoms with Crippen LogP contribution in [0.2, 0.25) is 0 Å². The lowest BCUT2D eigenvalue weighted by Crippen LogP contribution is -2.35. The molecule has 2 nitrogen and oxygen atoms in total. The maximum Gasteiger partial charge on any atom is 0.0754 e. The quantitative estimate of drug-likeness (QED) is 0.164. The first-order valence-corrected chi connectivity index (χ1v) is 24.1. The lowest BCUT2D eigenvalue weighted by atomic mass is 9.64. The van der Waals surface area contributed by atoms with E-state index >= 15 is 0 Å². The molecule has 3 aliphatic rings. The standard InChI is InChI=1S/C64H44N2S/c1-63(2)54-23-11-9-20-48(54)49-36-33-47(40-56(49)63)65(46-34-37-61-53(39-46)51-21-10-14-27-60(51)67-61)45-31-28-41(29-32-45)42-30-35-50-52-22-15-26-59-62(52)64(57(50)38-42,43-16-5-3-6-17-43)55-24-12-13-25-58(55)66(59)44-18-7-4-8-19-44/h3-40H,1-2H3. The highest BCUT2D eigenvalue weighted by Gasteiger charge is 2.52. The van der Waals surface area contributed by atoms with Crippen LogP contribution in [0.25, 0.3) is 53.6 Å². The molecule has 0 fully saturated rings. The van der Waals surface area contributed by atoms with E-state index in [1.807, 2.05) is 11.3 Å². The lowest BCUT2D eigenvalue weighted by molar-refractivity contribution is 0.660. The summed E-state index contributed by atoms with van der Waals surface area (Å²) < 4.78 is 2.62. The van der Waals surface area contributed by atoms with Crippen molar-refractivity contribution in [1.82, 2.24) is 0 Å². The van der Waals surface area contributed by atoms with E-state index in [2.05, 4.69) is 254 Å². The first-order chi connectivity index (χ1) is 33.0. The summed E-state index contributed by atoms with van der Waals surface area (Å²) in [6, 6.07) is 86.3. The third-order valence-electron chi connectivity index (χ3n) is 15.0. The van der Waals surface area contributed by atoms with Crippen LogP contribution in [0, 0.1) is 0 Å². The molecule has 0 amide bonds. The maximum absolute atomic E-state index is 2.49. The highest BCUT2D eigenvalue weighted by atomic mass is 32.1. The second-order valence-electron chi connectivity index (χ2n) is 18.8. The Balaban J connectivity index is 0.929. The van der Waals surface area contributed by atoms with E-state index in [-0.39, 0.29) is 5.41 Å². The smallest absolute Gasteiger partial charge is 0.0754 e. The summed E-state index contributed by atoms with van der Waals surface area (Å²) in [6.07, 6.45) is 0. The van der Waals surface area contributed by atoms with Gasteiger partial charge >= 0.3 is 0 Å². The number of para-hydroxylation sites is 2. The number of nitrogens with zero attached hydrogens (tertiary/aromatic N) is 2. The molecule has 1 aliphatic heterocycles. The van der Waals surface area contributed by atoms with E-state index in [4.69, 9.17) is 0 Å². The number of hydrogen-bond donors (Lipinski definition) is 0. The van der Waals surface area contributed by atoms with Crippen molar-refractivity contribution in [3.05, 3.63) is 264 Å². The Morgan fingerprint density at radius 1 is 0.388 bits per heavy atom. The fraction of sp³-hybridized carbons (Fsp3) is 0.0625. The molecule has 10 aromatic carbocycles. The molecule has 2 heterocycles. The summed E-state index contributed by atoms with van der Waals surface area (Å²) in [5, 5.41) is 2.59. The summed E-state index contributed by atoms with van der Waals surface area (Å²) in [4.78, 5) is 4.92. The van der Waals surface area contributed by atoms with Gasteiger partial charge < -0.3 is 9.80 Å². The Morgan fingerprint density at radius 3 is 1.84 bits per heavy atom. The first kappa shape index (κ1) is 38.3. The van der Waals surface area contributed by atoms with Crippen molar-refractivity contribution in [3.8, 4) is 33.4 Å². The zero-order chi connectivity index (χ0) is 44.4. The topological polar surface area (TPSA) is 6.48 Å². The third-order valence-corrected chi connectivity index (χ3v) is 16.2. The van der Waals surface area contributed by atoms with Crippen LogP contribution in [0.15, 0.2) is 231 Å². The number of benzene rings is 10. The van der Waals surface area contributed by atoms with Crippen molar-refractivity contribution < 1.29 is 0 Å². The van der Waals surface area contributed by atoms with E-state index < -0.39 is 5.41 Å². The van der Waals surface area contributed by atoms with Crippen LogP contribution in [0.4, 0.5) is 34.1 Å². The highest BCUT2D eigenvalue weighted by Crippen LogP contribution is 2.65. The summed E-state index contributed by atoms with van der Waals surface area (Å²) >= 11 is 1.87. The molecule has 0 saturated heterocycles. The molecule has 316 valence electrons. The monoisotopic (exact) mass is 872 g/mol. The summed E-state index contributed by atoms with van der Waals surface area (Å²) in [5.41, 5.74) is 22.0.